The lowest BCUT2D eigenvalue weighted by atomic mass is 10.1. The van der Waals surface area contributed by atoms with Gasteiger partial charge < -0.3 is 14.6 Å². The number of halogens is 3. The highest BCUT2D eigenvalue weighted by Crippen LogP contribution is 2.33. The molecule has 0 unspecified atom stereocenters. The Hall–Kier alpha value is -2.08. The van der Waals surface area contributed by atoms with Crippen LogP contribution in [0.15, 0.2) is 36.4 Å². The number of aryl methyl sites for hydroxylation is 1. The molecule has 0 radical (unpaired) electrons. The largest absolute Gasteiger partial charge is 0.370 e. The number of aromatic amines is 1. The predicted molar refractivity (Wildman–Crippen MR) is 104 cm³/mol. The van der Waals surface area contributed by atoms with Crippen LogP contribution in [-0.4, -0.2) is 35.5 Å². The highest BCUT2D eigenvalue weighted by Gasteiger charge is 2.30. The summed E-state index contributed by atoms with van der Waals surface area (Å²) in [5, 5.41) is 1.17. The molecule has 1 saturated heterocycles. The van der Waals surface area contributed by atoms with Crippen LogP contribution in [-0.2, 0) is 4.74 Å². The Morgan fingerprint density at radius 3 is 2.85 bits per heavy atom. The monoisotopic (exact) mass is 406 g/mol. The third kappa shape index (κ3) is 3.31. The number of hydrogen-bond donors (Lipinski definition) is 1. The minimum Gasteiger partial charge on any atom is -0.370 e. The molecule has 0 saturated carbocycles. The van der Waals surface area contributed by atoms with Gasteiger partial charge in [-0.15, -0.1) is 0 Å². The molecule has 4 rings (SSSR count). The first-order valence-electron chi connectivity index (χ1n) is 8.58. The summed E-state index contributed by atoms with van der Waals surface area (Å²) >= 11 is 12.0. The number of para-hydroxylation sites is 1. The lowest BCUT2D eigenvalue weighted by molar-refractivity contribution is -0.0228. The number of aromatic nitrogens is 1. The zero-order valence-electron chi connectivity index (χ0n) is 14.6. The molecule has 0 bridgehead atoms. The number of carbonyl (C=O) groups excluding carboxylic acids is 1. The quantitative estimate of drug-likeness (QED) is 0.599. The number of hydrogen-bond acceptors (Lipinski definition) is 2. The SMILES string of the molecule is Cc1[nH]c2ccccc2c1C(=O)N1CCO[C@H](c2cc(F)c(Cl)cc2Cl)C1. The van der Waals surface area contributed by atoms with Gasteiger partial charge in [-0.3, -0.25) is 4.79 Å². The summed E-state index contributed by atoms with van der Waals surface area (Å²) < 4.78 is 19.6. The smallest absolute Gasteiger partial charge is 0.256 e. The molecule has 1 N–H and O–H groups in total. The third-order valence-electron chi connectivity index (χ3n) is 4.85. The second kappa shape index (κ2) is 7.15. The van der Waals surface area contributed by atoms with Crippen molar-refractivity contribution in [2.24, 2.45) is 0 Å². The summed E-state index contributed by atoms with van der Waals surface area (Å²) in [6.07, 6.45) is -0.507. The summed E-state index contributed by atoms with van der Waals surface area (Å²) in [6.45, 7) is 2.98. The molecule has 3 aromatic rings. The lowest BCUT2D eigenvalue weighted by Gasteiger charge is -2.33. The Morgan fingerprint density at radius 2 is 2.04 bits per heavy atom. The van der Waals surface area contributed by atoms with Gasteiger partial charge in [0.25, 0.3) is 5.91 Å². The van der Waals surface area contributed by atoms with Gasteiger partial charge in [-0.05, 0) is 25.1 Å². The van der Waals surface area contributed by atoms with Gasteiger partial charge in [-0.1, -0.05) is 41.4 Å². The first-order chi connectivity index (χ1) is 13.0. The van der Waals surface area contributed by atoms with Crippen molar-refractivity contribution in [2.75, 3.05) is 19.7 Å². The van der Waals surface area contributed by atoms with Crippen molar-refractivity contribution >= 4 is 40.0 Å². The summed E-state index contributed by atoms with van der Waals surface area (Å²) in [6, 6.07) is 10.3. The first-order valence-corrected chi connectivity index (χ1v) is 9.34. The molecule has 1 aromatic heterocycles. The van der Waals surface area contributed by atoms with Gasteiger partial charge in [0.2, 0.25) is 0 Å². The van der Waals surface area contributed by atoms with E-state index in [0.29, 0.717) is 35.8 Å². The zero-order chi connectivity index (χ0) is 19.1. The number of ether oxygens (including phenoxy) is 1. The van der Waals surface area contributed by atoms with Crippen molar-refractivity contribution in [3.63, 3.8) is 0 Å². The van der Waals surface area contributed by atoms with Crippen LogP contribution in [0, 0.1) is 12.7 Å². The maximum atomic E-state index is 13.9. The van der Waals surface area contributed by atoms with Crippen molar-refractivity contribution in [2.45, 2.75) is 13.0 Å². The molecular formula is C20H17Cl2FN2O2. The van der Waals surface area contributed by atoms with Crippen molar-refractivity contribution in [3.05, 3.63) is 69.1 Å². The molecule has 1 aliphatic heterocycles. The molecule has 1 atom stereocenters. The highest BCUT2D eigenvalue weighted by atomic mass is 35.5. The van der Waals surface area contributed by atoms with Gasteiger partial charge in [0.15, 0.2) is 0 Å². The molecule has 0 spiro atoms. The van der Waals surface area contributed by atoms with Crippen molar-refractivity contribution < 1.29 is 13.9 Å². The van der Waals surface area contributed by atoms with E-state index in [1.807, 2.05) is 31.2 Å². The van der Waals surface area contributed by atoms with E-state index in [0.717, 1.165) is 16.6 Å². The van der Waals surface area contributed by atoms with Crippen LogP contribution in [0.25, 0.3) is 10.9 Å². The van der Waals surface area contributed by atoms with Gasteiger partial charge in [0, 0.05) is 33.7 Å². The average molecular weight is 407 g/mol. The van der Waals surface area contributed by atoms with Crippen LogP contribution in [0.4, 0.5) is 4.39 Å². The summed E-state index contributed by atoms with van der Waals surface area (Å²) in [5.74, 6) is -0.639. The summed E-state index contributed by atoms with van der Waals surface area (Å²) in [4.78, 5) is 18.2. The molecular weight excluding hydrogens is 390 g/mol. The Balaban J connectivity index is 1.64. The van der Waals surface area contributed by atoms with E-state index in [9.17, 15) is 9.18 Å². The van der Waals surface area contributed by atoms with Gasteiger partial charge in [-0.25, -0.2) is 4.39 Å². The molecule has 1 amide bonds. The van der Waals surface area contributed by atoms with E-state index in [4.69, 9.17) is 27.9 Å². The van der Waals surface area contributed by atoms with Crippen LogP contribution >= 0.6 is 23.2 Å². The van der Waals surface area contributed by atoms with Crippen LogP contribution in [0.5, 0.6) is 0 Å². The van der Waals surface area contributed by atoms with Crippen LogP contribution in [0.1, 0.15) is 27.7 Å². The number of H-pyrrole nitrogens is 1. The van der Waals surface area contributed by atoms with Crippen molar-refractivity contribution in [1.82, 2.24) is 9.88 Å². The topological polar surface area (TPSA) is 45.3 Å². The van der Waals surface area contributed by atoms with Gasteiger partial charge in [-0.2, -0.15) is 0 Å². The predicted octanol–water partition coefficient (Wildman–Crippen LogP) is 5.14. The number of carbonyl (C=O) groups is 1. The maximum Gasteiger partial charge on any atom is 0.256 e. The zero-order valence-corrected chi connectivity index (χ0v) is 16.1. The second-order valence-corrected chi connectivity index (χ2v) is 7.38. The molecule has 2 aromatic carbocycles. The molecule has 1 fully saturated rings. The van der Waals surface area contributed by atoms with Crippen LogP contribution < -0.4 is 0 Å². The third-order valence-corrected chi connectivity index (χ3v) is 5.46. The fourth-order valence-electron chi connectivity index (χ4n) is 3.52. The average Bonchev–Trinajstić information content (AvgIpc) is 3.00. The maximum absolute atomic E-state index is 13.9. The Bertz CT molecular complexity index is 1030. The standard InChI is InChI=1S/C20H17Cl2FN2O2/c1-11-19(12-4-2-3-5-17(12)24-11)20(26)25-6-7-27-18(10-25)13-8-16(23)15(22)9-14(13)21/h2-5,8-9,18,24H,6-7,10H2,1H3/t18-/m0/s1. The summed E-state index contributed by atoms with van der Waals surface area (Å²) in [7, 11) is 0. The van der Waals surface area contributed by atoms with E-state index in [1.165, 1.54) is 12.1 Å². The van der Waals surface area contributed by atoms with Gasteiger partial charge in [0.05, 0.1) is 23.7 Å². The second-order valence-electron chi connectivity index (χ2n) is 6.57. The number of nitrogens with zero attached hydrogens (tertiary/aromatic N) is 1. The van der Waals surface area contributed by atoms with E-state index >= 15 is 0 Å². The van der Waals surface area contributed by atoms with E-state index in [1.54, 1.807) is 4.90 Å². The van der Waals surface area contributed by atoms with Gasteiger partial charge in [0.1, 0.15) is 11.9 Å². The minimum absolute atomic E-state index is 0.0399. The first kappa shape index (κ1) is 18.3. The number of rotatable bonds is 2. The minimum atomic E-state index is -0.560. The number of morpholine rings is 1. The van der Waals surface area contributed by atoms with Gasteiger partial charge >= 0.3 is 0 Å². The number of amides is 1. The Kier molecular flexibility index (Phi) is 4.84. The molecule has 4 nitrogen and oxygen atoms in total. The van der Waals surface area contributed by atoms with E-state index in [-0.39, 0.29) is 10.9 Å². The Labute approximate surface area is 165 Å². The highest BCUT2D eigenvalue weighted by molar-refractivity contribution is 6.35. The number of benzene rings is 2. The molecule has 1 aliphatic rings. The summed E-state index contributed by atoms with van der Waals surface area (Å²) in [5.41, 5.74) is 2.89. The molecule has 7 heteroatoms. The molecule has 27 heavy (non-hydrogen) atoms. The van der Waals surface area contributed by atoms with Crippen LogP contribution in [0.2, 0.25) is 10.0 Å². The Morgan fingerprint density at radius 1 is 1.26 bits per heavy atom. The number of fused-ring (bicyclic) bond motifs is 1. The van der Waals surface area contributed by atoms with E-state index in [2.05, 4.69) is 4.98 Å². The van der Waals surface area contributed by atoms with Crippen LogP contribution in [0.3, 0.4) is 0 Å². The normalized spacial score (nSPS) is 17.5. The van der Waals surface area contributed by atoms with Crippen molar-refractivity contribution in [1.29, 1.82) is 0 Å². The van der Waals surface area contributed by atoms with E-state index < -0.39 is 11.9 Å². The number of nitrogens with one attached hydrogen (secondary N) is 1. The van der Waals surface area contributed by atoms with Crippen molar-refractivity contribution in [3.8, 4) is 0 Å². The molecule has 0 aliphatic carbocycles. The molecule has 2 heterocycles. The fourth-order valence-corrected chi connectivity index (χ4v) is 4.02. The fraction of sp³-hybridized carbons (Fsp3) is 0.250. The lowest BCUT2D eigenvalue weighted by Crippen LogP contribution is -2.42. The molecule has 140 valence electrons.